The van der Waals surface area contributed by atoms with Crippen LogP contribution in [0.5, 0.6) is 0 Å². The Morgan fingerprint density at radius 3 is 3.00 bits per heavy atom. The van der Waals surface area contributed by atoms with Gasteiger partial charge in [-0.3, -0.25) is 4.52 Å². The van der Waals surface area contributed by atoms with Crippen molar-refractivity contribution in [1.82, 2.24) is 9.97 Å². The predicted molar refractivity (Wildman–Crippen MR) is 50.2 cm³/mol. The summed E-state index contributed by atoms with van der Waals surface area (Å²) in [5.41, 5.74) is 11.1. The van der Waals surface area contributed by atoms with Gasteiger partial charge in [-0.25, -0.2) is 15.1 Å². The molecule has 1 heterocycles. The van der Waals surface area contributed by atoms with Gasteiger partial charge in [-0.15, -0.1) is 0 Å². The van der Waals surface area contributed by atoms with Gasteiger partial charge in [0.15, 0.2) is 0 Å². The number of aromatic nitrogens is 2. The Hall–Kier alpha value is -0.720. The third-order valence-electron chi connectivity index (χ3n) is 1.50. The fraction of sp³-hybridized carbons (Fsp3) is 0.500. The van der Waals surface area contributed by atoms with Gasteiger partial charge in [-0.2, -0.15) is 0 Å². The first kappa shape index (κ1) is 11.4. The van der Waals surface area contributed by atoms with Crippen molar-refractivity contribution in [3.05, 3.63) is 18.2 Å². The van der Waals surface area contributed by atoms with Crippen LogP contribution in [0, 0.1) is 0 Å². The maximum atomic E-state index is 10.6. The van der Waals surface area contributed by atoms with E-state index in [0.29, 0.717) is 6.42 Å². The number of hydrogen-bond donors (Lipinski definition) is 4. The summed E-state index contributed by atoms with van der Waals surface area (Å²) >= 11 is 0. The van der Waals surface area contributed by atoms with Gasteiger partial charge in [0.1, 0.15) is 0 Å². The first-order valence-corrected chi connectivity index (χ1v) is 5.61. The molecule has 0 saturated carbocycles. The van der Waals surface area contributed by atoms with Gasteiger partial charge < -0.3 is 15.6 Å². The van der Waals surface area contributed by atoms with Crippen LogP contribution in [0.2, 0.25) is 0 Å². The van der Waals surface area contributed by atoms with Crippen LogP contribution in [0.25, 0.3) is 0 Å². The van der Waals surface area contributed by atoms with E-state index in [1.165, 1.54) is 6.33 Å². The quantitative estimate of drug-likeness (QED) is 0.488. The molecule has 7 nitrogen and oxygen atoms in total. The van der Waals surface area contributed by atoms with Crippen LogP contribution in [-0.4, -0.2) is 27.5 Å². The van der Waals surface area contributed by atoms with Crippen LogP contribution in [0.4, 0.5) is 0 Å². The fourth-order valence-electron chi connectivity index (χ4n) is 0.933. The number of rotatable bonds is 5. The third-order valence-corrected chi connectivity index (χ3v) is 2.02. The molecular formula is C6H13N4O3P. The van der Waals surface area contributed by atoms with Crippen molar-refractivity contribution < 1.29 is 14.0 Å². The highest BCUT2D eigenvalue weighted by Crippen LogP contribution is 2.30. The molecule has 0 fully saturated rings. The van der Waals surface area contributed by atoms with E-state index in [0.717, 1.165) is 5.69 Å². The van der Waals surface area contributed by atoms with Crippen molar-refractivity contribution in [2.24, 2.45) is 11.2 Å². The molecular weight excluding hydrogens is 207 g/mol. The van der Waals surface area contributed by atoms with E-state index < -0.39 is 13.8 Å². The van der Waals surface area contributed by atoms with Gasteiger partial charge in [-0.05, 0) is 0 Å². The molecule has 1 unspecified atom stereocenters. The van der Waals surface area contributed by atoms with Crippen LogP contribution in [0.1, 0.15) is 5.69 Å². The van der Waals surface area contributed by atoms with Crippen molar-refractivity contribution in [1.29, 1.82) is 0 Å². The number of nitrogens with one attached hydrogen (secondary N) is 1. The highest BCUT2D eigenvalue weighted by molar-refractivity contribution is 7.50. The van der Waals surface area contributed by atoms with E-state index >= 15 is 0 Å². The molecule has 0 bridgehead atoms. The highest BCUT2D eigenvalue weighted by atomic mass is 31.2. The van der Waals surface area contributed by atoms with Crippen molar-refractivity contribution >= 4 is 7.75 Å². The van der Waals surface area contributed by atoms with Crippen molar-refractivity contribution in [2.75, 3.05) is 6.61 Å². The Bertz CT molecular complexity index is 309. The number of imidazole rings is 1. The third kappa shape index (κ3) is 4.50. The van der Waals surface area contributed by atoms with Gasteiger partial charge in [0.25, 0.3) is 0 Å². The number of aromatic amines is 1. The molecule has 80 valence electrons. The van der Waals surface area contributed by atoms with E-state index in [9.17, 15) is 4.57 Å². The normalized spacial score (nSPS) is 17.6. The van der Waals surface area contributed by atoms with Gasteiger partial charge in [0, 0.05) is 18.7 Å². The number of H-pyrrole nitrogens is 1. The standard InChI is InChI=1S/C6H13N4O3P/c7-5(3-13-14(8,11)12)1-6-2-9-4-10-6/h2,4-5H,1,3,7H2,(H,9,10)(H3,8,11,12)/t5-/m0/s1. The Morgan fingerprint density at radius 1 is 1.79 bits per heavy atom. The lowest BCUT2D eigenvalue weighted by molar-refractivity contribution is 0.241. The number of nitrogens with two attached hydrogens (primary N) is 2. The minimum atomic E-state index is -3.92. The Kier molecular flexibility index (Phi) is 3.79. The summed E-state index contributed by atoms with van der Waals surface area (Å²) in [4.78, 5) is 15.3. The second-order valence-corrected chi connectivity index (χ2v) is 4.27. The predicted octanol–water partition coefficient (Wildman–Crippen LogP) is -0.645. The lowest BCUT2D eigenvalue weighted by atomic mass is 10.2. The van der Waals surface area contributed by atoms with Crippen LogP contribution < -0.4 is 11.2 Å². The average Bonchev–Trinajstić information content (AvgIpc) is 2.52. The van der Waals surface area contributed by atoms with Gasteiger partial charge in [0.05, 0.1) is 18.6 Å². The zero-order valence-electron chi connectivity index (χ0n) is 7.46. The first-order chi connectivity index (χ1) is 6.47. The van der Waals surface area contributed by atoms with Crippen LogP contribution in [0.3, 0.4) is 0 Å². The summed E-state index contributed by atoms with van der Waals surface area (Å²) < 4.78 is 15.0. The van der Waals surface area contributed by atoms with Gasteiger partial charge in [-0.1, -0.05) is 0 Å². The maximum absolute atomic E-state index is 10.6. The molecule has 8 heteroatoms. The molecule has 14 heavy (non-hydrogen) atoms. The highest BCUT2D eigenvalue weighted by Gasteiger charge is 2.14. The fourth-order valence-corrected chi connectivity index (χ4v) is 1.34. The second-order valence-electron chi connectivity index (χ2n) is 2.88. The molecule has 0 amide bonds. The molecule has 0 aliphatic rings. The molecule has 1 rings (SSSR count). The molecule has 6 N–H and O–H groups in total. The summed E-state index contributed by atoms with van der Waals surface area (Å²) in [7, 11) is -3.92. The molecule has 0 spiro atoms. The molecule has 0 aliphatic carbocycles. The van der Waals surface area contributed by atoms with Crippen LogP contribution in [0.15, 0.2) is 12.5 Å². The Labute approximate surface area is 81.1 Å². The lowest BCUT2D eigenvalue weighted by Gasteiger charge is -2.11. The van der Waals surface area contributed by atoms with E-state index in [1.807, 2.05) is 0 Å². The van der Waals surface area contributed by atoms with Gasteiger partial charge in [0.2, 0.25) is 0 Å². The molecule has 0 saturated heterocycles. The van der Waals surface area contributed by atoms with E-state index in [-0.39, 0.29) is 6.61 Å². The minimum Gasteiger partial charge on any atom is -0.351 e. The zero-order valence-corrected chi connectivity index (χ0v) is 8.35. The topological polar surface area (TPSA) is 127 Å². The zero-order chi connectivity index (χ0) is 10.6. The van der Waals surface area contributed by atoms with Crippen molar-refractivity contribution in [3.8, 4) is 0 Å². The summed E-state index contributed by atoms with van der Waals surface area (Å²) in [6, 6.07) is -0.401. The molecule has 0 aromatic carbocycles. The average molecular weight is 220 g/mol. The molecule has 0 radical (unpaired) electrons. The minimum absolute atomic E-state index is 0.0723. The molecule has 0 aliphatic heterocycles. The SMILES string of the molecule is N[C@H](COP(N)(=O)O)Cc1c[nH]cn1. The van der Waals surface area contributed by atoms with E-state index in [1.54, 1.807) is 6.20 Å². The summed E-state index contributed by atoms with van der Waals surface area (Å²) in [6.07, 6.45) is 3.69. The van der Waals surface area contributed by atoms with Gasteiger partial charge >= 0.3 is 7.75 Å². The van der Waals surface area contributed by atoms with E-state index in [4.69, 9.17) is 16.1 Å². The second kappa shape index (κ2) is 4.68. The maximum Gasteiger partial charge on any atom is 0.400 e. The number of hydrogen-bond acceptors (Lipinski definition) is 4. The lowest BCUT2D eigenvalue weighted by Crippen LogP contribution is -2.28. The Balaban J connectivity index is 2.30. The summed E-state index contributed by atoms with van der Waals surface area (Å²) in [5.74, 6) is 0. The monoisotopic (exact) mass is 220 g/mol. The molecule has 1 aromatic heterocycles. The van der Waals surface area contributed by atoms with Crippen molar-refractivity contribution in [2.45, 2.75) is 12.5 Å². The van der Waals surface area contributed by atoms with Crippen LogP contribution in [-0.2, 0) is 15.5 Å². The summed E-state index contributed by atoms with van der Waals surface area (Å²) in [6.45, 7) is -0.0723. The first-order valence-electron chi connectivity index (χ1n) is 3.96. The Morgan fingerprint density at radius 2 is 2.50 bits per heavy atom. The molecule has 1 aromatic rings. The largest absolute Gasteiger partial charge is 0.400 e. The van der Waals surface area contributed by atoms with E-state index in [2.05, 4.69) is 14.5 Å². The van der Waals surface area contributed by atoms with Crippen molar-refractivity contribution in [3.63, 3.8) is 0 Å². The molecule has 2 atom stereocenters. The number of nitrogens with zero attached hydrogens (tertiary/aromatic N) is 1. The van der Waals surface area contributed by atoms with Crippen LogP contribution >= 0.6 is 7.75 Å². The summed E-state index contributed by atoms with van der Waals surface area (Å²) in [5, 5.41) is 0. The smallest absolute Gasteiger partial charge is 0.351 e.